The lowest BCUT2D eigenvalue weighted by atomic mass is 9.98. The summed E-state index contributed by atoms with van der Waals surface area (Å²) >= 11 is 0. The average molecular weight is 499 g/mol. The summed E-state index contributed by atoms with van der Waals surface area (Å²) in [5.74, 6) is -0.314. The molecule has 0 bridgehead atoms. The quantitative estimate of drug-likeness (QED) is 0.162. The third kappa shape index (κ3) is 6.02. The molecule has 0 saturated carbocycles. The van der Waals surface area contributed by atoms with E-state index in [-0.39, 0.29) is 11.9 Å². The zero-order valence-corrected chi connectivity index (χ0v) is 20.7. The molecule has 1 aliphatic heterocycles. The average Bonchev–Trinajstić information content (AvgIpc) is 3.42. The van der Waals surface area contributed by atoms with Crippen LogP contribution in [0.5, 0.6) is 5.75 Å². The van der Waals surface area contributed by atoms with Crippen LogP contribution in [-0.4, -0.2) is 22.6 Å². The van der Waals surface area contributed by atoms with Crippen LogP contribution in [0.2, 0.25) is 0 Å². The molecule has 38 heavy (non-hydrogen) atoms. The van der Waals surface area contributed by atoms with Gasteiger partial charge >= 0.3 is 5.97 Å². The van der Waals surface area contributed by atoms with E-state index < -0.39 is 5.97 Å². The lowest BCUT2D eigenvalue weighted by Gasteiger charge is -2.20. The summed E-state index contributed by atoms with van der Waals surface area (Å²) in [5.41, 5.74) is 4.17. The minimum atomic E-state index is -0.488. The van der Waals surface area contributed by atoms with Crippen LogP contribution in [0.25, 0.3) is 12.2 Å². The number of carbonyl (C=O) groups excluding carboxylic acids is 2. The Morgan fingerprint density at radius 2 is 1.26 bits per heavy atom. The summed E-state index contributed by atoms with van der Waals surface area (Å²) in [6.45, 7) is 0. The first-order valence-electron chi connectivity index (χ1n) is 12.4. The summed E-state index contributed by atoms with van der Waals surface area (Å²) in [6.07, 6.45) is 6.93. The van der Waals surface area contributed by atoms with E-state index in [2.05, 4.69) is 0 Å². The van der Waals surface area contributed by atoms with Gasteiger partial charge in [-0.05, 0) is 41.0 Å². The van der Waals surface area contributed by atoms with Gasteiger partial charge < -0.3 is 4.74 Å². The Labute approximate surface area is 222 Å². The van der Waals surface area contributed by atoms with Gasteiger partial charge in [0.1, 0.15) is 5.75 Å². The second kappa shape index (κ2) is 11.8. The molecule has 186 valence electrons. The molecule has 0 aliphatic carbocycles. The topological polar surface area (TPSA) is 59.0 Å². The molecule has 1 amide bonds. The number of hydrogen-bond acceptors (Lipinski definition) is 4. The fourth-order valence-corrected chi connectivity index (χ4v) is 4.28. The van der Waals surface area contributed by atoms with Crippen molar-refractivity contribution in [3.8, 4) is 5.75 Å². The fraction of sp³-hybridized carbons (Fsp3) is 0.0606. The van der Waals surface area contributed by atoms with Crippen molar-refractivity contribution >= 4 is 29.7 Å². The van der Waals surface area contributed by atoms with Gasteiger partial charge in [0, 0.05) is 24.1 Å². The Morgan fingerprint density at radius 1 is 0.711 bits per heavy atom. The van der Waals surface area contributed by atoms with Crippen molar-refractivity contribution in [2.75, 3.05) is 0 Å². The Bertz CT molecular complexity index is 1490. The van der Waals surface area contributed by atoms with Gasteiger partial charge in [-0.15, -0.1) is 0 Å². The predicted molar refractivity (Wildman–Crippen MR) is 150 cm³/mol. The maximum atomic E-state index is 13.3. The molecule has 5 nitrogen and oxygen atoms in total. The van der Waals surface area contributed by atoms with Crippen LogP contribution in [0, 0.1) is 0 Å². The second-order valence-corrected chi connectivity index (χ2v) is 8.77. The summed E-state index contributed by atoms with van der Waals surface area (Å²) < 4.78 is 5.70. The van der Waals surface area contributed by atoms with Gasteiger partial charge in [-0.1, -0.05) is 103 Å². The van der Waals surface area contributed by atoms with E-state index >= 15 is 0 Å². The first-order chi connectivity index (χ1) is 18.7. The van der Waals surface area contributed by atoms with Crippen molar-refractivity contribution in [3.05, 3.63) is 150 Å². The number of amides is 1. The monoisotopic (exact) mass is 498 g/mol. The van der Waals surface area contributed by atoms with Crippen LogP contribution >= 0.6 is 0 Å². The van der Waals surface area contributed by atoms with E-state index in [0.29, 0.717) is 23.4 Å². The third-order valence-corrected chi connectivity index (χ3v) is 6.16. The number of nitrogens with zero attached hydrogens (tertiary/aromatic N) is 2. The first-order valence-corrected chi connectivity index (χ1v) is 12.4. The van der Waals surface area contributed by atoms with Gasteiger partial charge in [-0.2, -0.15) is 5.10 Å². The molecule has 4 aromatic rings. The minimum Gasteiger partial charge on any atom is -0.423 e. The Balaban J connectivity index is 1.41. The Kier molecular flexibility index (Phi) is 7.66. The number of hydrazone groups is 1. The van der Waals surface area contributed by atoms with E-state index in [4.69, 9.17) is 9.84 Å². The molecule has 1 heterocycles. The van der Waals surface area contributed by atoms with Crippen LogP contribution in [0.15, 0.2) is 133 Å². The fourth-order valence-electron chi connectivity index (χ4n) is 4.28. The molecule has 1 aliphatic rings. The molecule has 0 saturated heterocycles. The highest BCUT2D eigenvalue weighted by molar-refractivity contribution is 6.06. The summed E-state index contributed by atoms with van der Waals surface area (Å²) in [7, 11) is 0. The van der Waals surface area contributed by atoms with Crippen LogP contribution in [-0.2, 0) is 9.59 Å². The molecule has 1 unspecified atom stereocenters. The molecule has 5 heteroatoms. The predicted octanol–water partition coefficient (Wildman–Crippen LogP) is 6.70. The van der Waals surface area contributed by atoms with E-state index in [1.54, 1.807) is 18.2 Å². The largest absolute Gasteiger partial charge is 0.423 e. The molecular formula is C33H26N2O3. The van der Waals surface area contributed by atoms with Crippen LogP contribution in [0.3, 0.4) is 0 Å². The molecule has 0 N–H and O–H groups in total. The highest BCUT2D eigenvalue weighted by atomic mass is 16.5. The first kappa shape index (κ1) is 24.7. The van der Waals surface area contributed by atoms with Gasteiger partial charge in [0.2, 0.25) is 0 Å². The number of rotatable bonds is 7. The highest BCUT2D eigenvalue weighted by Gasteiger charge is 2.33. The van der Waals surface area contributed by atoms with Crippen LogP contribution in [0.1, 0.15) is 34.7 Å². The van der Waals surface area contributed by atoms with Crippen LogP contribution < -0.4 is 4.74 Å². The lowest BCUT2D eigenvalue weighted by molar-refractivity contribution is -0.129. The highest BCUT2D eigenvalue weighted by Crippen LogP contribution is 2.35. The zero-order valence-electron chi connectivity index (χ0n) is 20.7. The molecular weight excluding hydrogens is 472 g/mol. The number of carbonyl (C=O) groups is 2. The van der Waals surface area contributed by atoms with Gasteiger partial charge in [-0.25, -0.2) is 9.80 Å². The molecule has 1 atom stereocenters. The Hall–Kier alpha value is -5.03. The molecule has 0 aromatic heterocycles. The second-order valence-electron chi connectivity index (χ2n) is 8.77. The van der Waals surface area contributed by atoms with Gasteiger partial charge in [0.05, 0.1) is 11.8 Å². The van der Waals surface area contributed by atoms with Gasteiger partial charge in [0.25, 0.3) is 5.91 Å². The van der Waals surface area contributed by atoms with Gasteiger partial charge in [0.15, 0.2) is 0 Å². The maximum absolute atomic E-state index is 13.3. The Morgan fingerprint density at radius 3 is 1.92 bits per heavy atom. The van der Waals surface area contributed by atoms with Gasteiger partial charge in [-0.3, -0.25) is 4.79 Å². The maximum Gasteiger partial charge on any atom is 0.336 e. The lowest BCUT2D eigenvalue weighted by Crippen LogP contribution is -2.25. The van der Waals surface area contributed by atoms with E-state index in [1.165, 1.54) is 17.2 Å². The van der Waals surface area contributed by atoms with Crippen molar-refractivity contribution in [1.82, 2.24) is 5.01 Å². The standard InChI is InChI=1S/C33H26N2O3/c36-32(22-20-25-12-4-1-5-13-25)35-30(27-16-8-3-9-17-27)24-29(34-35)28-18-10-11-19-31(28)38-33(37)23-21-26-14-6-2-7-15-26/h1-23,30H,24H2/b22-20+,23-21+. The third-order valence-electron chi connectivity index (χ3n) is 6.16. The molecule has 0 spiro atoms. The summed E-state index contributed by atoms with van der Waals surface area (Å²) in [4.78, 5) is 25.9. The SMILES string of the molecule is O=C(/C=C/c1ccccc1)Oc1ccccc1C1=NN(C(=O)/C=C/c2ccccc2)C(c2ccccc2)C1. The summed E-state index contributed by atoms with van der Waals surface area (Å²) in [6, 6.07) is 36.0. The molecule has 0 fully saturated rings. The van der Waals surface area contributed by atoms with Crippen molar-refractivity contribution < 1.29 is 14.3 Å². The summed E-state index contributed by atoms with van der Waals surface area (Å²) in [5, 5.41) is 6.24. The van der Waals surface area contributed by atoms with E-state index in [0.717, 1.165) is 16.7 Å². The van der Waals surface area contributed by atoms with E-state index in [1.807, 2.05) is 109 Å². The van der Waals surface area contributed by atoms with Crippen molar-refractivity contribution in [3.63, 3.8) is 0 Å². The van der Waals surface area contributed by atoms with Crippen molar-refractivity contribution in [2.24, 2.45) is 5.10 Å². The number of ether oxygens (including phenoxy) is 1. The van der Waals surface area contributed by atoms with E-state index in [9.17, 15) is 9.59 Å². The molecule has 5 rings (SSSR count). The van der Waals surface area contributed by atoms with Crippen molar-refractivity contribution in [1.29, 1.82) is 0 Å². The van der Waals surface area contributed by atoms with Crippen molar-refractivity contribution in [2.45, 2.75) is 12.5 Å². The normalized spacial score (nSPS) is 15.1. The number of hydrogen-bond donors (Lipinski definition) is 0. The van der Waals surface area contributed by atoms with Crippen LogP contribution in [0.4, 0.5) is 0 Å². The number of benzene rings is 4. The molecule has 0 radical (unpaired) electrons. The zero-order chi connectivity index (χ0) is 26.2. The molecule has 4 aromatic carbocycles. The number of para-hydroxylation sites is 1. The smallest absolute Gasteiger partial charge is 0.336 e. The number of esters is 1. The minimum absolute atomic E-state index is 0.224.